The van der Waals surface area contributed by atoms with E-state index in [9.17, 15) is 4.79 Å². The Bertz CT molecular complexity index is 376. The van der Waals surface area contributed by atoms with E-state index in [-0.39, 0.29) is 6.10 Å². The molecule has 0 bridgehead atoms. The minimum Gasteiger partial charge on any atom is -0.478 e. The summed E-state index contributed by atoms with van der Waals surface area (Å²) < 4.78 is 6.60. The van der Waals surface area contributed by atoms with Crippen molar-refractivity contribution in [2.45, 2.75) is 78.6 Å². The summed E-state index contributed by atoms with van der Waals surface area (Å²) in [5, 5.41) is 8.71. The highest BCUT2D eigenvalue weighted by atomic mass is 28.4. The molecule has 0 radical (unpaired) electrons. The van der Waals surface area contributed by atoms with Crippen molar-refractivity contribution in [2.75, 3.05) is 0 Å². The van der Waals surface area contributed by atoms with Gasteiger partial charge in [0.1, 0.15) is 0 Å². The second-order valence-corrected chi connectivity index (χ2v) is 10.9. The van der Waals surface area contributed by atoms with Crippen molar-refractivity contribution < 1.29 is 14.3 Å². The third kappa shape index (κ3) is 7.41. The first-order valence-corrected chi connectivity index (χ1v) is 11.1. The van der Waals surface area contributed by atoms with Gasteiger partial charge in [0.25, 0.3) is 0 Å². The molecular formula is C18H34O3Si. The Balaban J connectivity index is 4.71. The van der Waals surface area contributed by atoms with Crippen LogP contribution in [0, 0.1) is 5.92 Å². The van der Waals surface area contributed by atoms with E-state index in [2.05, 4.69) is 46.8 Å². The SMILES string of the molecule is CC[C@H](O[Si](CC)(CC)CC)[C@@H](C)/C=C/C/C(C)=C/C(=O)O. The van der Waals surface area contributed by atoms with Crippen LogP contribution in [0.5, 0.6) is 0 Å². The van der Waals surface area contributed by atoms with Crippen LogP contribution in [0.4, 0.5) is 0 Å². The molecule has 0 amide bonds. The zero-order valence-corrected chi connectivity index (χ0v) is 16.2. The normalized spacial score (nSPS) is 16.0. The molecule has 1 N–H and O–H groups in total. The molecule has 0 fully saturated rings. The second kappa shape index (κ2) is 10.8. The molecule has 0 aromatic heterocycles. The van der Waals surface area contributed by atoms with Crippen molar-refractivity contribution in [1.29, 1.82) is 0 Å². The number of hydrogen-bond donors (Lipinski definition) is 1. The van der Waals surface area contributed by atoms with Crippen molar-refractivity contribution >= 4 is 14.3 Å². The summed E-state index contributed by atoms with van der Waals surface area (Å²) in [6.07, 6.45) is 7.49. The van der Waals surface area contributed by atoms with Gasteiger partial charge < -0.3 is 9.53 Å². The maximum Gasteiger partial charge on any atom is 0.328 e. The van der Waals surface area contributed by atoms with Crippen molar-refractivity contribution in [3.05, 3.63) is 23.8 Å². The Morgan fingerprint density at radius 1 is 1.18 bits per heavy atom. The van der Waals surface area contributed by atoms with Crippen LogP contribution < -0.4 is 0 Å². The minimum absolute atomic E-state index is 0.270. The van der Waals surface area contributed by atoms with Crippen LogP contribution in [0.15, 0.2) is 23.8 Å². The van der Waals surface area contributed by atoms with E-state index in [4.69, 9.17) is 9.53 Å². The number of carboxylic acids is 1. The van der Waals surface area contributed by atoms with Gasteiger partial charge in [-0.05, 0) is 43.8 Å². The predicted molar refractivity (Wildman–Crippen MR) is 96.7 cm³/mol. The lowest BCUT2D eigenvalue weighted by atomic mass is 10.0. The van der Waals surface area contributed by atoms with Crippen LogP contribution in [-0.2, 0) is 9.22 Å². The van der Waals surface area contributed by atoms with Crippen molar-refractivity contribution in [2.24, 2.45) is 5.92 Å². The summed E-state index contributed by atoms with van der Waals surface area (Å²) in [5.74, 6) is -0.516. The standard InChI is InChI=1S/C18H34O3Si/c1-7-17(21-22(8-2,9-3)10-4)16(6)13-11-12-15(5)14-18(19)20/h11,13-14,16-17H,7-10,12H2,1-6H3,(H,19,20)/b13-11+,15-14+/t16-,17-/m0/s1. The Hall–Kier alpha value is -0.873. The third-order valence-electron chi connectivity index (χ3n) is 4.57. The van der Waals surface area contributed by atoms with E-state index >= 15 is 0 Å². The second-order valence-electron chi connectivity index (χ2n) is 6.13. The lowest BCUT2D eigenvalue weighted by Gasteiger charge is -2.35. The maximum atomic E-state index is 10.6. The Labute approximate surface area is 137 Å². The van der Waals surface area contributed by atoms with Gasteiger partial charge in [-0.25, -0.2) is 4.79 Å². The number of carbonyl (C=O) groups is 1. The summed E-state index contributed by atoms with van der Waals surface area (Å²) >= 11 is 0. The van der Waals surface area contributed by atoms with E-state index in [0.717, 1.165) is 12.0 Å². The molecule has 0 aliphatic rings. The molecule has 0 rings (SSSR count). The molecular weight excluding hydrogens is 292 g/mol. The fourth-order valence-corrected chi connectivity index (χ4v) is 5.77. The van der Waals surface area contributed by atoms with E-state index in [1.54, 1.807) is 0 Å². The van der Waals surface area contributed by atoms with E-state index in [1.165, 1.54) is 24.2 Å². The molecule has 0 spiro atoms. The van der Waals surface area contributed by atoms with Crippen molar-refractivity contribution in [3.63, 3.8) is 0 Å². The van der Waals surface area contributed by atoms with Crippen molar-refractivity contribution in [3.8, 4) is 0 Å². The van der Waals surface area contributed by atoms with Crippen LogP contribution in [0.3, 0.4) is 0 Å². The highest BCUT2D eigenvalue weighted by Gasteiger charge is 2.32. The molecule has 4 heteroatoms. The first-order chi connectivity index (χ1) is 10.3. The van der Waals surface area contributed by atoms with Crippen LogP contribution >= 0.6 is 0 Å². The average molecular weight is 327 g/mol. The number of hydrogen-bond acceptors (Lipinski definition) is 2. The zero-order chi connectivity index (χ0) is 17.2. The van der Waals surface area contributed by atoms with Crippen LogP contribution in [0.1, 0.15) is 54.4 Å². The quantitative estimate of drug-likeness (QED) is 0.314. The molecule has 0 aromatic rings. The van der Waals surface area contributed by atoms with Crippen molar-refractivity contribution in [1.82, 2.24) is 0 Å². The summed E-state index contributed by atoms with van der Waals surface area (Å²) in [7, 11) is -1.57. The molecule has 0 unspecified atom stereocenters. The molecule has 22 heavy (non-hydrogen) atoms. The summed E-state index contributed by atoms with van der Waals surface area (Å²) in [4.78, 5) is 10.6. The van der Waals surface area contributed by atoms with E-state index in [0.29, 0.717) is 12.3 Å². The number of carboxylic acid groups (broad SMARTS) is 1. The number of aliphatic carboxylic acids is 1. The fraction of sp³-hybridized carbons (Fsp3) is 0.722. The first kappa shape index (κ1) is 21.1. The zero-order valence-electron chi connectivity index (χ0n) is 15.2. The lowest BCUT2D eigenvalue weighted by Crippen LogP contribution is -2.41. The molecule has 0 aliphatic heterocycles. The fourth-order valence-electron chi connectivity index (χ4n) is 2.75. The Morgan fingerprint density at radius 3 is 2.14 bits per heavy atom. The average Bonchev–Trinajstić information content (AvgIpc) is 2.48. The van der Waals surface area contributed by atoms with Gasteiger partial charge in [0, 0.05) is 6.08 Å². The maximum absolute atomic E-state index is 10.6. The predicted octanol–water partition coefficient (Wildman–Crippen LogP) is 5.40. The summed E-state index contributed by atoms with van der Waals surface area (Å²) in [5.41, 5.74) is 0.865. The topological polar surface area (TPSA) is 46.5 Å². The van der Waals surface area contributed by atoms with Gasteiger partial charge in [-0.3, -0.25) is 0 Å². The molecule has 3 nitrogen and oxygen atoms in total. The molecule has 128 valence electrons. The molecule has 0 aromatic carbocycles. The van der Waals surface area contributed by atoms with Gasteiger partial charge in [0.2, 0.25) is 0 Å². The molecule has 0 aliphatic carbocycles. The van der Waals surface area contributed by atoms with Gasteiger partial charge >= 0.3 is 5.97 Å². The molecule has 0 saturated heterocycles. The Morgan fingerprint density at radius 2 is 1.73 bits per heavy atom. The summed E-state index contributed by atoms with van der Waals surface area (Å²) in [6, 6.07) is 3.52. The highest BCUT2D eigenvalue weighted by molar-refractivity contribution is 6.73. The lowest BCUT2D eigenvalue weighted by molar-refractivity contribution is -0.131. The minimum atomic E-state index is -1.57. The van der Waals surface area contributed by atoms with Gasteiger partial charge in [-0.1, -0.05) is 52.3 Å². The smallest absolute Gasteiger partial charge is 0.328 e. The summed E-state index contributed by atoms with van der Waals surface area (Å²) in [6.45, 7) is 13.0. The van der Waals surface area contributed by atoms with Gasteiger partial charge in [0.05, 0.1) is 6.10 Å². The molecule has 2 atom stereocenters. The Kier molecular flexibility index (Phi) is 10.4. The first-order valence-electron chi connectivity index (χ1n) is 8.58. The van der Waals surface area contributed by atoms with Gasteiger partial charge in [-0.2, -0.15) is 0 Å². The largest absolute Gasteiger partial charge is 0.478 e. The van der Waals surface area contributed by atoms with Crippen LogP contribution in [0.25, 0.3) is 0 Å². The third-order valence-corrected chi connectivity index (χ3v) is 9.24. The number of rotatable bonds is 11. The monoisotopic (exact) mass is 326 g/mol. The van der Waals surface area contributed by atoms with Gasteiger partial charge in [0.15, 0.2) is 8.32 Å². The van der Waals surface area contributed by atoms with E-state index < -0.39 is 14.3 Å². The molecule has 0 saturated carbocycles. The van der Waals surface area contributed by atoms with Crippen LogP contribution in [-0.4, -0.2) is 25.5 Å². The van der Waals surface area contributed by atoms with Crippen LogP contribution in [0.2, 0.25) is 18.1 Å². The molecule has 0 heterocycles. The number of allylic oxidation sites excluding steroid dienone is 2. The van der Waals surface area contributed by atoms with E-state index in [1.807, 2.05) is 6.92 Å². The van der Waals surface area contributed by atoms with Gasteiger partial charge in [-0.15, -0.1) is 0 Å². The highest BCUT2D eigenvalue weighted by Crippen LogP contribution is 2.27.